The number of carbonyl (C=O) groups is 1. The van der Waals surface area contributed by atoms with E-state index in [0.717, 1.165) is 34.4 Å². The summed E-state index contributed by atoms with van der Waals surface area (Å²) in [6, 6.07) is 13.5. The number of amides is 1. The summed E-state index contributed by atoms with van der Waals surface area (Å²) in [5.74, 6) is -0.250. The molecule has 3 heterocycles. The SMILES string of the molecule is N#Cc1c(N=Cc2cccs2)c(C(=O)Nc2ccc(Br)cc2)n2c1CCC2. The molecule has 1 aliphatic heterocycles. The van der Waals surface area contributed by atoms with E-state index in [9.17, 15) is 10.1 Å². The lowest BCUT2D eigenvalue weighted by Gasteiger charge is -2.09. The Balaban J connectivity index is 1.75. The Bertz CT molecular complexity index is 1060. The normalized spacial score (nSPS) is 12.9. The molecule has 0 fully saturated rings. The molecule has 2 aromatic heterocycles. The Morgan fingerprint density at radius 3 is 2.85 bits per heavy atom. The Labute approximate surface area is 169 Å². The summed E-state index contributed by atoms with van der Waals surface area (Å²) in [5.41, 5.74) is 3.01. The van der Waals surface area contributed by atoms with Gasteiger partial charge in [0.2, 0.25) is 0 Å². The molecule has 134 valence electrons. The number of thiophene rings is 1. The minimum absolute atomic E-state index is 0.250. The van der Waals surface area contributed by atoms with Crippen LogP contribution in [0.25, 0.3) is 0 Å². The van der Waals surface area contributed by atoms with Gasteiger partial charge in [0.25, 0.3) is 5.91 Å². The third kappa shape index (κ3) is 3.46. The van der Waals surface area contributed by atoms with E-state index in [1.165, 1.54) is 0 Å². The average Bonchev–Trinajstić information content (AvgIpc) is 3.38. The molecule has 0 atom stereocenters. The second-order valence-electron chi connectivity index (χ2n) is 6.12. The predicted octanol–water partition coefficient (Wildman–Crippen LogP) is 5.13. The summed E-state index contributed by atoms with van der Waals surface area (Å²) in [6.07, 6.45) is 3.43. The first-order chi connectivity index (χ1) is 13.2. The van der Waals surface area contributed by atoms with Crippen LogP contribution in [0.2, 0.25) is 0 Å². The van der Waals surface area contributed by atoms with Gasteiger partial charge in [-0.3, -0.25) is 9.79 Å². The molecule has 7 heteroatoms. The lowest BCUT2D eigenvalue weighted by molar-refractivity contribution is 0.101. The van der Waals surface area contributed by atoms with Crippen molar-refractivity contribution in [2.75, 3.05) is 5.32 Å². The van der Waals surface area contributed by atoms with Crippen LogP contribution < -0.4 is 5.32 Å². The fourth-order valence-corrected chi connectivity index (χ4v) is 4.10. The third-order valence-electron chi connectivity index (χ3n) is 4.43. The average molecular weight is 439 g/mol. The van der Waals surface area contributed by atoms with Crippen molar-refractivity contribution >= 4 is 50.8 Å². The van der Waals surface area contributed by atoms with Crippen molar-refractivity contribution < 1.29 is 4.79 Å². The maximum atomic E-state index is 13.0. The number of nitrogens with zero attached hydrogens (tertiary/aromatic N) is 3. The zero-order valence-corrected chi connectivity index (χ0v) is 16.7. The molecule has 27 heavy (non-hydrogen) atoms. The highest BCUT2D eigenvalue weighted by atomic mass is 79.9. The fourth-order valence-electron chi connectivity index (χ4n) is 3.25. The van der Waals surface area contributed by atoms with Crippen LogP contribution in [0.15, 0.2) is 51.2 Å². The Morgan fingerprint density at radius 1 is 1.33 bits per heavy atom. The number of nitriles is 1. The van der Waals surface area contributed by atoms with Crippen LogP contribution in [0.5, 0.6) is 0 Å². The zero-order chi connectivity index (χ0) is 18.8. The van der Waals surface area contributed by atoms with Crippen molar-refractivity contribution in [2.24, 2.45) is 4.99 Å². The van der Waals surface area contributed by atoms with Gasteiger partial charge >= 0.3 is 0 Å². The molecule has 4 rings (SSSR count). The van der Waals surface area contributed by atoms with Crippen LogP contribution in [0, 0.1) is 11.3 Å². The molecule has 0 unspecified atom stereocenters. The molecule has 0 saturated heterocycles. The second kappa shape index (κ2) is 7.51. The molecule has 1 aliphatic rings. The number of aliphatic imine (C=N–C) groups is 1. The Hall–Kier alpha value is -2.69. The summed E-state index contributed by atoms with van der Waals surface area (Å²) in [6.45, 7) is 0.724. The number of rotatable bonds is 4. The smallest absolute Gasteiger partial charge is 0.274 e. The van der Waals surface area contributed by atoms with Gasteiger partial charge in [-0.25, -0.2) is 0 Å². The number of nitrogens with one attached hydrogen (secondary N) is 1. The number of carbonyl (C=O) groups excluding carboxylic acids is 1. The van der Waals surface area contributed by atoms with Gasteiger partial charge in [-0.1, -0.05) is 22.0 Å². The molecular weight excluding hydrogens is 424 g/mol. The number of hydrogen-bond acceptors (Lipinski definition) is 4. The summed E-state index contributed by atoms with van der Waals surface area (Å²) in [4.78, 5) is 18.6. The van der Waals surface area contributed by atoms with Crippen molar-refractivity contribution in [3.63, 3.8) is 0 Å². The first-order valence-corrected chi connectivity index (χ1v) is 10.1. The van der Waals surface area contributed by atoms with Crippen molar-refractivity contribution in [3.8, 4) is 6.07 Å². The number of fused-ring (bicyclic) bond motifs is 1. The van der Waals surface area contributed by atoms with Crippen LogP contribution >= 0.6 is 27.3 Å². The fraction of sp³-hybridized carbons (Fsp3) is 0.150. The summed E-state index contributed by atoms with van der Waals surface area (Å²) >= 11 is 4.95. The van der Waals surface area contributed by atoms with Crippen LogP contribution in [-0.4, -0.2) is 16.7 Å². The van der Waals surface area contributed by atoms with Crippen molar-refractivity contribution in [3.05, 3.63) is 68.1 Å². The molecule has 0 spiro atoms. The summed E-state index contributed by atoms with van der Waals surface area (Å²) < 4.78 is 2.88. The highest BCUT2D eigenvalue weighted by molar-refractivity contribution is 9.10. The first-order valence-electron chi connectivity index (χ1n) is 8.47. The topological polar surface area (TPSA) is 70.2 Å². The van der Waals surface area contributed by atoms with Gasteiger partial charge in [-0.05, 0) is 48.6 Å². The Kier molecular flexibility index (Phi) is 4.92. The third-order valence-corrected chi connectivity index (χ3v) is 5.77. The van der Waals surface area contributed by atoms with E-state index in [0.29, 0.717) is 22.6 Å². The zero-order valence-electron chi connectivity index (χ0n) is 14.3. The first kappa shape index (κ1) is 17.7. The molecule has 3 aromatic rings. The maximum absolute atomic E-state index is 13.0. The van der Waals surface area contributed by atoms with Crippen molar-refractivity contribution in [1.29, 1.82) is 5.26 Å². The quantitative estimate of drug-likeness (QED) is 0.573. The monoisotopic (exact) mass is 438 g/mol. The van der Waals surface area contributed by atoms with E-state index in [1.54, 1.807) is 17.6 Å². The van der Waals surface area contributed by atoms with Gasteiger partial charge in [0.15, 0.2) is 0 Å². The maximum Gasteiger partial charge on any atom is 0.274 e. The lowest BCUT2D eigenvalue weighted by atomic mass is 10.1. The van der Waals surface area contributed by atoms with Gasteiger partial charge in [0, 0.05) is 33.5 Å². The summed E-state index contributed by atoms with van der Waals surface area (Å²) in [7, 11) is 0. The van der Waals surface area contributed by atoms with Crippen LogP contribution in [0.3, 0.4) is 0 Å². The minimum atomic E-state index is -0.250. The number of anilines is 1. The van der Waals surface area contributed by atoms with Crippen LogP contribution in [-0.2, 0) is 13.0 Å². The molecule has 0 saturated carbocycles. The molecule has 1 N–H and O–H groups in total. The number of aromatic nitrogens is 1. The molecule has 0 bridgehead atoms. The molecule has 1 amide bonds. The van der Waals surface area contributed by atoms with Crippen molar-refractivity contribution in [2.45, 2.75) is 19.4 Å². The van der Waals surface area contributed by atoms with Gasteiger partial charge in [-0.15, -0.1) is 11.3 Å². The van der Waals surface area contributed by atoms with E-state index in [2.05, 4.69) is 32.3 Å². The van der Waals surface area contributed by atoms with Gasteiger partial charge in [0.1, 0.15) is 17.5 Å². The van der Waals surface area contributed by atoms with E-state index in [4.69, 9.17) is 0 Å². The van der Waals surface area contributed by atoms with E-state index < -0.39 is 0 Å². The summed E-state index contributed by atoms with van der Waals surface area (Å²) in [5, 5.41) is 14.6. The standard InChI is InChI=1S/C20H15BrN4OS/c21-13-5-7-14(8-6-13)24-20(26)19-18(23-12-15-3-2-10-27-15)16(11-22)17-4-1-9-25(17)19/h2-3,5-8,10,12H,1,4,9H2,(H,24,26). The van der Waals surface area contributed by atoms with Gasteiger partial charge < -0.3 is 9.88 Å². The largest absolute Gasteiger partial charge is 0.337 e. The molecule has 1 aromatic carbocycles. The molecular formula is C20H15BrN4OS. The number of hydrogen-bond donors (Lipinski definition) is 1. The number of halogens is 1. The highest BCUT2D eigenvalue weighted by Gasteiger charge is 2.29. The number of benzene rings is 1. The molecule has 0 radical (unpaired) electrons. The highest BCUT2D eigenvalue weighted by Crippen LogP contribution is 2.35. The van der Waals surface area contributed by atoms with E-state index in [-0.39, 0.29) is 5.91 Å². The van der Waals surface area contributed by atoms with Gasteiger partial charge in [-0.2, -0.15) is 5.26 Å². The Morgan fingerprint density at radius 2 is 2.15 bits per heavy atom. The second-order valence-corrected chi connectivity index (χ2v) is 8.02. The van der Waals surface area contributed by atoms with Gasteiger partial charge in [0.05, 0.1) is 5.56 Å². The van der Waals surface area contributed by atoms with Crippen LogP contribution in [0.1, 0.15) is 33.0 Å². The van der Waals surface area contributed by atoms with Crippen molar-refractivity contribution in [1.82, 2.24) is 4.57 Å². The molecule has 0 aliphatic carbocycles. The molecule has 5 nitrogen and oxygen atoms in total. The predicted molar refractivity (Wildman–Crippen MR) is 111 cm³/mol. The van der Waals surface area contributed by atoms with Crippen LogP contribution in [0.4, 0.5) is 11.4 Å². The lowest BCUT2D eigenvalue weighted by Crippen LogP contribution is -2.16. The minimum Gasteiger partial charge on any atom is -0.337 e. The van der Waals surface area contributed by atoms with E-state index >= 15 is 0 Å². The van der Waals surface area contributed by atoms with E-state index in [1.807, 2.05) is 46.3 Å².